The van der Waals surface area contributed by atoms with Gasteiger partial charge in [0.05, 0.1) is 10.4 Å². The molecule has 202 valence electrons. The molecule has 7 nitrogen and oxygen atoms in total. The summed E-state index contributed by atoms with van der Waals surface area (Å²) in [5.41, 5.74) is -0.846. The molecule has 1 aliphatic carbocycles. The molecule has 1 aliphatic heterocycles. The van der Waals surface area contributed by atoms with Crippen LogP contribution >= 0.6 is 11.6 Å². The van der Waals surface area contributed by atoms with Crippen LogP contribution in [-0.4, -0.2) is 60.1 Å². The Morgan fingerprint density at radius 2 is 1.71 bits per heavy atom. The minimum atomic E-state index is -4.78. The number of rotatable bonds is 5. The van der Waals surface area contributed by atoms with E-state index < -0.39 is 22.4 Å². The molecule has 2 aromatic carbocycles. The van der Waals surface area contributed by atoms with E-state index in [0.717, 1.165) is 80.7 Å². The number of halogens is 4. The van der Waals surface area contributed by atoms with Gasteiger partial charge in [-0.3, -0.25) is 15.0 Å². The minimum absolute atomic E-state index is 0.0883. The Balaban J connectivity index is 1.17. The number of nitrogens with zero attached hydrogens (tertiary/aromatic N) is 5. The number of nitro groups is 1. The second-order valence-corrected chi connectivity index (χ2v) is 10.5. The van der Waals surface area contributed by atoms with Crippen LogP contribution in [-0.2, 0) is 6.18 Å². The van der Waals surface area contributed by atoms with Gasteiger partial charge in [-0.2, -0.15) is 13.2 Å². The average Bonchev–Trinajstić information content (AvgIpc) is 2.91. The van der Waals surface area contributed by atoms with Crippen LogP contribution in [0, 0.1) is 10.1 Å². The van der Waals surface area contributed by atoms with Gasteiger partial charge in [-0.25, -0.2) is 4.98 Å². The number of benzene rings is 2. The number of hydrogen-bond donors (Lipinski definition) is 0. The second kappa shape index (κ2) is 10.6. The van der Waals surface area contributed by atoms with Crippen molar-refractivity contribution in [1.82, 2.24) is 9.88 Å². The average molecular weight is 548 g/mol. The summed E-state index contributed by atoms with van der Waals surface area (Å²) in [6.45, 7) is 3.63. The molecule has 0 radical (unpaired) electrons. The Hall–Kier alpha value is -3.11. The van der Waals surface area contributed by atoms with Gasteiger partial charge in [0, 0.05) is 67.5 Å². The molecule has 0 atom stereocenters. The monoisotopic (exact) mass is 547 g/mol. The Morgan fingerprint density at radius 1 is 1.00 bits per heavy atom. The maximum absolute atomic E-state index is 13.4. The molecule has 2 heterocycles. The minimum Gasteiger partial charge on any atom is -0.372 e. The van der Waals surface area contributed by atoms with E-state index in [9.17, 15) is 23.3 Å². The smallest absolute Gasteiger partial charge is 0.372 e. The van der Waals surface area contributed by atoms with Crippen LogP contribution in [0.25, 0.3) is 10.9 Å². The standard InChI is InChI=1S/C27H29ClF3N5O2/c1-33(22-8-10-25(36(37)38)23(17-22)27(29,30)31)20-4-6-21(7-5-20)34-12-14-35(15-13-34)26-11-2-18-16-19(28)3-9-24(18)32-26/h2-3,8-11,16-17,20-21H,4-7,12-15H2,1H3. The largest absolute Gasteiger partial charge is 0.423 e. The molecule has 5 rings (SSSR count). The van der Waals surface area contributed by atoms with Gasteiger partial charge in [-0.1, -0.05) is 11.6 Å². The number of hydrogen-bond acceptors (Lipinski definition) is 6. The maximum Gasteiger partial charge on any atom is 0.423 e. The molecule has 3 aromatic rings. The van der Waals surface area contributed by atoms with Crippen LogP contribution in [0.1, 0.15) is 31.2 Å². The summed E-state index contributed by atoms with van der Waals surface area (Å²) < 4.78 is 40.3. The van der Waals surface area contributed by atoms with Crippen molar-refractivity contribution in [3.8, 4) is 0 Å². The topological polar surface area (TPSA) is 65.8 Å². The van der Waals surface area contributed by atoms with Crippen molar-refractivity contribution in [3.05, 3.63) is 69.2 Å². The van der Waals surface area contributed by atoms with Crippen LogP contribution < -0.4 is 9.80 Å². The summed E-state index contributed by atoms with van der Waals surface area (Å²) in [6, 6.07) is 13.6. The zero-order valence-electron chi connectivity index (χ0n) is 21.0. The quantitative estimate of drug-likeness (QED) is 0.273. The number of fused-ring (bicyclic) bond motifs is 1. The highest BCUT2D eigenvalue weighted by Crippen LogP contribution is 2.39. The van der Waals surface area contributed by atoms with E-state index in [-0.39, 0.29) is 6.04 Å². The lowest BCUT2D eigenvalue weighted by atomic mass is 9.88. The van der Waals surface area contributed by atoms with Gasteiger partial charge in [0.1, 0.15) is 11.4 Å². The van der Waals surface area contributed by atoms with Crippen molar-refractivity contribution in [2.24, 2.45) is 0 Å². The number of pyridine rings is 1. The fourth-order valence-electron chi connectivity index (χ4n) is 5.73. The fraction of sp³-hybridized carbons (Fsp3) is 0.444. The molecule has 1 saturated carbocycles. The van der Waals surface area contributed by atoms with Crippen molar-refractivity contribution in [3.63, 3.8) is 0 Å². The Morgan fingerprint density at radius 3 is 2.37 bits per heavy atom. The molecule has 2 fully saturated rings. The fourth-order valence-corrected chi connectivity index (χ4v) is 5.91. The lowest BCUT2D eigenvalue weighted by Gasteiger charge is -2.44. The van der Waals surface area contributed by atoms with Crippen molar-refractivity contribution < 1.29 is 18.1 Å². The number of nitro benzene ring substituents is 1. The van der Waals surface area contributed by atoms with Crippen molar-refractivity contribution in [2.45, 2.75) is 43.9 Å². The molecule has 2 aliphatic rings. The van der Waals surface area contributed by atoms with E-state index in [2.05, 4.69) is 15.9 Å². The van der Waals surface area contributed by atoms with E-state index in [1.807, 2.05) is 29.2 Å². The molecule has 38 heavy (non-hydrogen) atoms. The lowest BCUT2D eigenvalue weighted by molar-refractivity contribution is -0.388. The molecule has 1 saturated heterocycles. The molecule has 0 unspecified atom stereocenters. The summed E-state index contributed by atoms with van der Waals surface area (Å²) in [5, 5.41) is 12.8. The second-order valence-electron chi connectivity index (χ2n) is 10.1. The first kappa shape index (κ1) is 26.5. The van der Waals surface area contributed by atoms with Crippen molar-refractivity contribution in [1.29, 1.82) is 0 Å². The Kier molecular flexibility index (Phi) is 7.37. The summed E-state index contributed by atoms with van der Waals surface area (Å²) in [6.07, 6.45) is -1.15. The van der Waals surface area contributed by atoms with Crippen LogP contribution in [0.3, 0.4) is 0 Å². The summed E-state index contributed by atoms with van der Waals surface area (Å²) in [4.78, 5) is 21.6. The predicted octanol–water partition coefficient (Wildman–Crippen LogP) is 6.38. The normalized spacial score (nSPS) is 21.0. The molecule has 1 aromatic heterocycles. The molecular formula is C27H29ClF3N5O2. The first-order chi connectivity index (χ1) is 18.1. The van der Waals surface area contributed by atoms with Crippen LogP contribution in [0.15, 0.2) is 48.5 Å². The third-order valence-electron chi connectivity index (χ3n) is 7.89. The zero-order valence-corrected chi connectivity index (χ0v) is 21.8. The molecule has 0 N–H and O–H groups in total. The lowest BCUT2D eigenvalue weighted by Crippen LogP contribution is -2.52. The van der Waals surface area contributed by atoms with E-state index >= 15 is 0 Å². The van der Waals surface area contributed by atoms with E-state index in [1.165, 1.54) is 6.07 Å². The molecule has 0 spiro atoms. The molecule has 0 bridgehead atoms. The van der Waals surface area contributed by atoms with Crippen LogP contribution in [0.4, 0.5) is 30.4 Å². The Labute approximate surface area is 223 Å². The number of aromatic nitrogens is 1. The first-order valence-electron chi connectivity index (χ1n) is 12.7. The van der Waals surface area contributed by atoms with E-state index in [1.54, 1.807) is 7.05 Å². The van der Waals surface area contributed by atoms with Crippen molar-refractivity contribution >= 4 is 39.7 Å². The van der Waals surface area contributed by atoms with Gasteiger partial charge >= 0.3 is 6.18 Å². The summed E-state index contributed by atoms with van der Waals surface area (Å²) in [7, 11) is 1.77. The zero-order chi connectivity index (χ0) is 27.0. The van der Waals surface area contributed by atoms with Gasteiger partial charge in [0.25, 0.3) is 5.69 Å². The highest BCUT2D eigenvalue weighted by Gasteiger charge is 2.39. The van der Waals surface area contributed by atoms with E-state index in [0.29, 0.717) is 16.8 Å². The molecule has 0 amide bonds. The highest BCUT2D eigenvalue weighted by molar-refractivity contribution is 6.31. The van der Waals surface area contributed by atoms with Crippen LogP contribution in [0.5, 0.6) is 0 Å². The van der Waals surface area contributed by atoms with Gasteiger partial charge in [0.15, 0.2) is 0 Å². The predicted molar refractivity (Wildman–Crippen MR) is 143 cm³/mol. The maximum atomic E-state index is 13.4. The summed E-state index contributed by atoms with van der Waals surface area (Å²) >= 11 is 6.08. The van der Waals surface area contributed by atoms with E-state index in [4.69, 9.17) is 16.6 Å². The van der Waals surface area contributed by atoms with Gasteiger partial charge in [-0.15, -0.1) is 0 Å². The first-order valence-corrected chi connectivity index (χ1v) is 13.1. The van der Waals surface area contributed by atoms with Gasteiger partial charge in [-0.05, 0) is 68.1 Å². The van der Waals surface area contributed by atoms with Gasteiger partial charge in [0.2, 0.25) is 0 Å². The van der Waals surface area contributed by atoms with Gasteiger partial charge < -0.3 is 9.80 Å². The number of anilines is 2. The third-order valence-corrected chi connectivity index (χ3v) is 8.13. The molecule has 11 heteroatoms. The van der Waals surface area contributed by atoms with Crippen molar-refractivity contribution in [2.75, 3.05) is 43.0 Å². The number of piperazine rings is 1. The number of alkyl halides is 3. The summed E-state index contributed by atoms with van der Waals surface area (Å²) in [5.74, 6) is 0.964. The SMILES string of the molecule is CN(c1ccc([N+](=O)[O-])c(C(F)(F)F)c1)C1CCC(N2CCN(c3ccc4cc(Cl)ccc4n3)CC2)CC1. The highest BCUT2D eigenvalue weighted by atomic mass is 35.5. The molecular weight excluding hydrogens is 519 g/mol. The van der Waals surface area contributed by atoms with Crippen LogP contribution in [0.2, 0.25) is 5.02 Å². The third kappa shape index (κ3) is 5.51. The Bertz CT molecular complexity index is 1320.